The van der Waals surface area contributed by atoms with E-state index in [1.807, 2.05) is 18.2 Å². The monoisotopic (exact) mass is 252 g/mol. The van der Waals surface area contributed by atoms with E-state index in [1.165, 1.54) is 0 Å². The highest BCUT2D eigenvalue weighted by molar-refractivity contribution is 6.16. The van der Waals surface area contributed by atoms with Gasteiger partial charge in [0, 0.05) is 40.6 Å². The molecule has 0 radical (unpaired) electrons. The van der Waals surface area contributed by atoms with E-state index in [9.17, 15) is 4.79 Å². The van der Waals surface area contributed by atoms with Gasteiger partial charge in [0.1, 0.15) is 5.75 Å². The van der Waals surface area contributed by atoms with Crippen LogP contribution in [0, 0.1) is 0 Å². The lowest BCUT2D eigenvalue weighted by Gasteiger charge is -2.01. The molecular weight excluding hydrogens is 240 g/mol. The third-order valence-electron chi connectivity index (χ3n) is 3.06. The van der Waals surface area contributed by atoms with Crippen LogP contribution in [0.1, 0.15) is 15.9 Å². The summed E-state index contributed by atoms with van der Waals surface area (Å²) in [6.07, 6.45) is 4.94. The Morgan fingerprint density at radius 3 is 2.95 bits per heavy atom. The number of ketones is 1. The van der Waals surface area contributed by atoms with Crippen molar-refractivity contribution >= 4 is 16.7 Å². The second kappa shape index (κ2) is 4.57. The lowest BCUT2D eigenvalue weighted by molar-refractivity contribution is 0.104. The number of pyridine rings is 1. The highest BCUT2D eigenvalue weighted by Gasteiger charge is 2.14. The minimum absolute atomic E-state index is 0.0485. The number of benzene rings is 1. The summed E-state index contributed by atoms with van der Waals surface area (Å²) >= 11 is 0. The maximum absolute atomic E-state index is 12.4. The van der Waals surface area contributed by atoms with Crippen molar-refractivity contribution in [2.45, 2.75) is 0 Å². The largest absolute Gasteiger partial charge is 0.497 e. The van der Waals surface area contributed by atoms with E-state index < -0.39 is 0 Å². The van der Waals surface area contributed by atoms with Crippen LogP contribution in [0.3, 0.4) is 0 Å². The maximum atomic E-state index is 12.4. The molecule has 0 aliphatic carbocycles. The molecule has 4 heteroatoms. The molecule has 19 heavy (non-hydrogen) atoms. The third kappa shape index (κ3) is 1.97. The van der Waals surface area contributed by atoms with Crippen molar-refractivity contribution in [2.24, 2.45) is 0 Å². The summed E-state index contributed by atoms with van der Waals surface area (Å²) in [6, 6.07) is 9.12. The molecule has 0 fully saturated rings. The van der Waals surface area contributed by atoms with Crippen LogP contribution in [0.5, 0.6) is 5.75 Å². The highest BCUT2D eigenvalue weighted by Crippen LogP contribution is 2.25. The Balaban J connectivity index is 2.12. The summed E-state index contributed by atoms with van der Waals surface area (Å²) in [6.45, 7) is 0. The Morgan fingerprint density at radius 2 is 2.21 bits per heavy atom. The number of carbonyl (C=O) groups is 1. The second-order valence-corrected chi connectivity index (χ2v) is 4.18. The van der Waals surface area contributed by atoms with E-state index in [1.54, 1.807) is 37.8 Å². The lowest BCUT2D eigenvalue weighted by Crippen LogP contribution is -2.00. The SMILES string of the molecule is COc1ccc2[nH]cc(C(=O)c3cccnc3)c2c1. The number of methoxy groups -OCH3 is 1. The number of hydrogen-bond acceptors (Lipinski definition) is 3. The Kier molecular flexibility index (Phi) is 2.76. The number of nitrogens with zero attached hydrogens (tertiary/aromatic N) is 1. The Morgan fingerprint density at radius 1 is 1.32 bits per heavy atom. The normalized spacial score (nSPS) is 10.6. The average molecular weight is 252 g/mol. The van der Waals surface area contributed by atoms with Gasteiger partial charge in [-0.2, -0.15) is 0 Å². The van der Waals surface area contributed by atoms with Crippen molar-refractivity contribution in [3.8, 4) is 5.75 Å². The maximum Gasteiger partial charge on any atom is 0.196 e. The van der Waals surface area contributed by atoms with Crippen LogP contribution in [0.25, 0.3) is 10.9 Å². The predicted octanol–water partition coefficient (Wildman–Crippen LogP) is 2.80. The molecule has 0 spiro atoms. The smallest absolute Gasteiger partial charge is 0.196 e. The summed E-state index contributed by atoms with van der Waals surface area (Å²) in [7, 11) is 1.61. The Bertz CT molecular complexity index is 732. The fourth-order valence-corrected chi connectivity index (χ4v) is 2.07. The molecule has 1 aromatic carbocycles. The zero-order chi connectivity index (χ0) is 13.2. The number of aromatic amines is 1. The van der Waals surface area contributed by atoms with E-state index >= 15 is 0 Å². The number of aromatic nitrogens is 2. The zero-order valence-electron chi connectivity index (χ0n) is 10.4. The molecule has 0 atom stereocenters. The first-order chi connectivity index (χ1) is 9.29. The Labute approximate surface area is 110 Å². The van der Waals surface area contributed by atoms with E-state index in [0.717, 1.165) is 16.7 Å². The molecule has 3 aromatic rings. The molecule has 0 unspecified atom stereocenters. The van der Waals surface area contributed by atoms with Crippen molar-refractivity contribution in [1.29, 1.82) is 0 Å². The van der Waals surface area contributed by atoms with Gasteiger partial charge in [-0.15, -0.1) is 0 Å². The van der Waals surface area contributed by atoms with Gasteiger partial charge in [-0.3, -0.25) is 9.78 Å². The molecule has 0 aliphatic heterocycles. The van der Waals surface area contributed by atoms with Gasteiger partial charge in [0.15, 0.2) is 5.78 Å². The van der Waals surface area contributed by atoms with E-state index in [2.05, 4.69) is 9.97 Å². The van der Waals surface area contributed by atoms with Gasteiger partial charge in [0.25, 0.3) is 0 Å². The van der Waals surface area contributed by atoms with Gasteiger partial charge < -0.3 is 9.72 Å². The van der Waals surface area contributed by atoms with Gasteiger partial charge in [-0.1, -0.05) is 0 Å². The molecule has 2 heterocycles. The minimum atomic E-state index is -0.0485. The van der Waals surface area contributed by atoms with Crippen LogP contribution in [-0.4, -0.2) is 22.9 Å². The van der Waals surface area contributed by atoms with Crippen LogP contribution in [0.15, 0.2) is 48.9 Å². The topological polar surface area (TPSA) is 55.0 Å². The highest BCUT2D eigenvalue weighted by atomic mass is 16.5. The van der Waals surface area contributed by atoms with Gasteiger partial charge in [0.05, 0.1) is 7.11 Å². The molecule has 94 valence electrons. The summed E-state index contributed by atoms with van der Waals surface area (Å²) in [4.78, 5) is 19.5. The van der Waals surface area contributed by atoms with Crippen molar-refractivity contribution in [3.05, 3.63) is 60.0 Å². The van der Waals surface area contributed by atoms with Gasteiger partial charge >= 0.3 is 0 Å². The average Bonchev–Trinajstić information content (AvgIpc) is 2.90. The molecule has 0 aliphatic rings. The number of H-pyrrole nitrogens is 1. The molecule has 0 bridgehead atoms. The molecule has 2 aromatic heterocycles. The van der Waals surface area contributed by atoms with Crippen molar-refractivity contribution in [1.82, 2.24) is 9.97 Å². The van der Waals surface area contributed by atoms with Crippen LogP contribution in [-0.2, 0) is 0 Å². The van der Waals surface area contributed by atoms with Crippen LogP contribution >= 0.6 is 0 Å². The zero-order valence-corrected chi connectivity index (χ0v) is 10.4. The Hall–Kier alpha value is -2.62. The van der Waals surface area contributed by atoms with Gasteiger partial charge in [-0.25, -0.2) is 0 Å². The summed E-state index contributed by atoms with van der Waals surface area (Å²) in [5.74, 6) is 0.680. The van der Waals surface area contributed by atoms with Crippen LogP contribution in [0.2, 0.25) is 0 Å². The predicted molar refractivity (Wildman–Crippen MR) is 72.5 cm³/mol. The van der Waals surface area contributed by atoms with Crippen molar-refractivity contribution in [3.63, 3.8) is 0 Å². The number of hydrogen-bond donors (Lipinski definition) is 1. The standard InChI is InChI=1S/C15H12N2O2/c1-19-11-4-5-14-12(7-11)13(9-17-14)15(18)10-3-2-6-16-8-10/h2-9,17H,1H3. The molecule has 4 nitrogen and oxygen atoms in total. The molecule has 1 N–H and O–H groups in total. The number of rotatable bonds is 3. The lowest BCUT2D eigenvalue weighted by atomic mass is 10.0. The van der Waals surface area contributed by atoms with Crippen LogP contribution < -0.4 is 4.74 Å². The molecular formula is C15H12N2O2. The first-order valence-corrected chi connectivity index (χ1v) is 5.89. The molecule has 0 saturated carbocycles. The van der Waals surface area contributed by atoms with Crippen LogP contribution in [0.4, 0.5) is 0 Å². The summed E-state index contributed by atoms with van der Waals surface area (Å²) < 4.78 is 5.19. The van der Waals surface area contributed by atoms with E-state index in [0.29, 0.717) is 11.1 Å². The first kappa shape index (κ1) is 11.5. The summed E-state index contributed by atoms with van der Waals surface area (Å²) in [5.41, 5.74) is 2.11. The van der Waals surface area contributed by atoms with Gasteiger partial charge in [-0.05, 0) is 30.3 Å². The van der Waals surface area contributed by atoms with E-state index in [4.69, 9.17) is 4.74 Å². The number of ether oxygens (including phenoxy) is 1. The molecule has 3 rings (SSSR count). The first-order valence-electron chi connectivity index (χ1n) is 5.89. The quantitative estimate of drug-likeness (QED) is 0.729. The number of carbonyl (C=O) groups excluding carboxylic acids is 1. The fourth-order valence-electron chi connectivity index (χ4n) is 2.07. The molecule has 0 amide bonds. The van der Waals surface area contributed by atoms with E-state index in [-0.39, 0.29) is 5.78 Å². The fraction of sp³-hybridized carbons (Fsp3) is 0.0667. The number of nitrogens with one attached hydrogen (secondary N) is 1. The number of fused-ring (bicyclic) bond motifs is 1. The van der Waals surface area contributed by atoms with Crippen molar-refractivity contribution < 1.29 is 9.53 Å². The second-order valence-electron chi connectivity index (χ2n) is 4.18. The molecule has 0 saturated heterocycles. The summed E-state index contributed by atoms with van der Waals surface area (Å²) in [5, 5.41) is 0.855. The van der Waals surface area contributed by atoms with Gasteiger partial charge in [0.2, 0.25) is 0 Å². The third-order valence-corrected chi connectivity index (χ3v) is 3.06. The van der Waals surface area contributed by atoms with Crippen molar-refractivity contribution in [2.75, 3.05) is 7.11 Å². The minimum Gasteiger partial charge on any atom is -0.497 e.